The summed E-state index contributed by atoms with van der Waals surface area (Å²) in [5.41, 5.74) is 2.04. The van der Waals surface area contributed by atoms with Crippen LogP contribution in [0.1, 0.15) is 27.4 Å². The van der Waals surface area contributed by atoms with Crippen molar-refractivity contribution in [2.24, 2.45) is 0 Å². The summed E-state index contributed by atoms with van der Waals surface area (Å²) in [6.07, 6.45) is 0.434. The van der Waals surface area contributed by atoms with Gasteiger partial charge in [0.2, 0.25) is 6.79 Å². The lowest BCUT2D eigenvalue weighted by Gasteiger charge is -2.37. The van der Waals surface area contributed by atoms with Gasteiger partial charge >= 0.3 is 5.97 Å². The first kappa shape index (κ1) is 19.2. The van der Waals surface area contributed by atoms with Gasteiger partial charge in [-0.3, -0.25) is 0 Å². The van der Waals surface area contributed by atoms with E-state index in [0.717, 1.165) is 5.56 Å². The van der Waals surface area contributed by atoms with Crippen molar-refractivity contribution in [3.05, 3.63) is 84.5 Å². The SMILES string of the molecule is C=C[C@@H](O)[C@@H](OCc1ccccc1)[C@@H]1OC(=O)c2cc3c(cc2[C@@H]1C=C)OCO3. The third-order valence-corrected chi connectivity index (χ3v) is 5.16. The van der Waals surface area contributed by atoms with Crippen LogP contribution in [0.3, 0.4) is 0 Å². The lowest BCUT2D eigenvalue weighted by molar-refractivity contribution is -0.105. The van der Waals surface area contributed by atoms with E-state index in [9.17, 15) is 9.90 Å². The van der Waals surface area contributed by atoms with Gasteiger partial charge in [0.25, 0.3) is 0 Å². The van der Waals surface area contributed by atoms with E-state index in [0.29, 0.717) is 22.6 Å². The van der Waals surface area contributed by atoms with E-state index in [1.165, 1.54) is 6.08 Å². The van der Waals surface area contributed by atoms with Crippen molar-refractivity contribution in [3.63, 3.8) is 0 Å². The molecular formula is C23H22O6. The predicted octanol–water partition coefficient (Wildman–Crippen LogP) is 3.36. The van der Waals surface area contributed by atoms with Crippen LogP contribution < -0.4 is 9.47 Å². The summed E-state index contributed by atoms with van der Waals surface area (Å²) in [5, 5.41) is 10.5. The molecule has 4 rings (SSSR count). The summed E-state index contributed by atoms with van der Waals surface area (Å²) in [6.45, 7) is 7.93. The van der Waals surface area contributed by atoms with E-state index in [2.05, 4.69) is 13.2 Å². The Bertz CT molecular complexity index is 922. The van der Waals surface area contributed by atoms with Gasteiger partial charge in [0.1, 0.15) is 18.3 Å². The van der Waals surface area contributed by atoms with Crippen LogP contribution in [0.25, 0.3) is 0 Å². The summed E-state index contributed by atoms with van der Waals surface area (Å²) in [5.74, 6) is 0.165. The van der Waals surface area contributed by atoms with E-state index in [4.69, 9.17) is 18.9 Å². The Morgan fingerprint density at radius 3 is 2.59 bits per heavy atom. The molecule has 150 valence electrons. The number of hydrogen-bond donors (Lipinski definition) is 1. The number of esters is 1. The molecular weight excluding hydrogens is 372 g/mol. The smallest absolute Gasteiger partial charge is 0.338 e. The van der Waals surface area contributed by atoms with Gasteiger partial charge in [-0.1, -0.05) is 42.5 Å². The van der Waals surface area contributed by atoms with E-state index in [1.807, 2.05) is 30.3 Å². The Kier molecular flexibility index (Phi) is 5.38. The van der Waals surface area contributed by atoms with Gasteiger partial charge in [-0.2, -0.15) is 0 Å². The van der Waals surface area contributed by atoms with Crippen LogP contribution in [0.15, 0.2) is 67.8 Å². The minimum Gasteiger partial charge on any atom is -0.455 e. The summed E-state index contributed by atoms with van der Waals surface area (Å²) >= 11 is 0. The second kappa shape index (κ2) is 8.11. The van der Waals surface area contributed by atoms with Crippen LogP contribution in [0.5, 0.6) is 11.5 Å². The van der Waals surface area contributed by atoms with Gasteiger partial charge < -0.3 is 24.1 Å². The van der Waals surface area contributed by atoms with E-state index in [1.54, 1.807) is 18.2 Å². The van der Waals surface area contributed by atoms with Gasteiger partial charge in [-0.25, -0.2) is 4.79 Å². The topological polar surface area (TPSA) is 74.2 Å². The first-order valence-electron chi connectivity index (χ1n) is 9.35. The number of cyclic esters (lactones) is 1. The summed E-state index contributed by atoms with van der Waals surface area (Å²) in [4.78, 5) is 12.7. The van der Waals surface area contributed by atoms with E-state index in [-0.39, 0.29) is 13.4 Å². The Morgan fingerprint density at radius 1 is 1.17 bits per heavy atom. The highest BCUT2D eigenvalue weighted by molar-refractivity contribution is 5.94. The fraction of sp³-hybridized carbons (Fsp3) is 0.261. The van der Waals surface area contributed by atoms with Gasteiger partial charge in [-0.15, -0.1) is 13.2 Å². The Hall–Kier alpha value is -3.09. The van der Waals surface area contributed by atoms with Crippen LogP contribution in [0.2, 0.25) is 0 Å². The Balaban J connectivity index is 1.66. The quantitative estimate of drug-likeness (QED) is 0.573. The average Bonchev–Trinajstić information content (AvgIpc) is 3.21. The molecule has 29 heavy (non-hydrogen) atoms. The summed E-state index contributed by atoms with van der Waals surface area (Å²) in [7, 11) is 0. The number of aliphatic hydroxyl groups excluding tert-OH is 1. The zero-order valence-corrected chi connectivity index (χ0v) is 15.8. The second-order valence-electron chi connectivity index (χ2n) is 6.91. The zero-order chi connectivity index (χ0) is 20.4. The number of ether oxygens (including phenoxy) is 4. The minimum absolute atomic E-state index is 0.105. The fourth-order valence-electron chi connectivity index (χ4n) is 3.67. The third-order valence-electron chi connectivity index (χ3n) is 5.16. The molecule has 0 amide bonds. The molecule has 0 aromatic heterocycles. The first-order valence-corrected chi connectivity index (χ1v) is 9.35. The Morgan fingerprint density at radius 2 is 1.90 bits per heavy atom. The van der Waals surface area contributed by atoms with Gasteiger partial charge in [0.05, 0.1) is 12.2 Å². The number of carbonyl (C=O) groups is 1. The number of benzene rings is 2. The van der Waals surface area contributed by atoms with Crippen LogP contribution in [-0.4, -0.2) is 36.2 Å². The third kappa shape index (κ3) is 3.64. The molecule has 2 aromatic carbocycles. The highest BCUT2D eigenvalue weighted by Gasteiger charge is 2.43. The molecule has 6 nitrogen and oxygen atoms in total. The van der Waals surface area contributed by atoms with Crippen LogP contribution in [-0.2, 0) is 16.1 Å². The predicted molar refractivity (Wildman–Crippen MR) is 106 cm³/mol. The number of hydrogen-bond acceptors (Lipinski definition) is 6. The van der Waals surface area contributed by atoms with Crippen molar-refractivity contribution < 1.29 is 28.8 Å². The number of carbonyl (C=O) groups excluding carboxylic acids is 1. The van der Waals surface area contributed by atoms with E-state index < -0.39 is 30.2 Å². The molecule has 0 unspecified atom stereocenters. The second-order valence-corrected chi connectivity index (χ2v) is 6.91. The van der Waals surface area contributed by atoms with Crippen molar-refractivity contribution >= 4 is 5.97 Å². The zero-order valence-electron chi connectivity index (χ0n) is 15.8. The van der Waals surface area contributed by atoms with Gasteiger partial charge in [0, 0.05) is 5.92 Å². The first-order chi connectivity index (χ1) is 14.1. The van der Waals surface area contributed by atoms with Crippen molar-refractivity contribution in [3.8, 4) is 11.5 Å². The molecule has 6 heteroatoms. The fourth-order valence-corrected chi connectivity index (χ4v) is 3.67. The molecule has 1 N–H and O–H groups in total. The number of fused-ring (bicyclic) bond motifs is 2. The number of aliphatic hydroxyl groups is 1. The molecule has 2 aromatic rings. The summed E-state index contributed by atoms with van der Waals surface area (Å²) in [6, 6.07) is 13.0. The molecule has 0 saturated carbocycles. The Labute approximate surface area is 169 Å². The van der Waals surface area contributed by atoms with Gasteiger partial charge in [-0.05, 0) is 23.3 Å². The van der Waals surface area contributed by atoms with Crippen molar-refractivity contribution in [1.29, 1.82) is 0 Å². The maximum absolute atomic E-state index is 12.7. The standard InChI is InChI=1S/C23H22O6/c1-3-15-16-10-19-20(28-13-27-19)11-17(16)23(25)29-21(15)22(18(24)4-2)26-12-14-8-6-5-7-9-14/h3-11,15,18,21-22,24H,1-2,12-13H2/t15-,18+,21+,22+/m0/s1. The maximum atomic E-state index is 12.7. The summed E-state index contributed by atoms with van der Waals surface area (Å²) < 4.78 is 22.5. The van der Waals surface area contributed by atoms with Crippen LogP contribution in [0.4, 0.5) is 0 Å². The van der Waals surface area contributed by atoms with Crippen LogP contribution in [0, 0.1) is 0 Å². The van der Waals surface area contributed by atoms with Crippen molar-refractivity contribution in [2.75, 3.05) is 6.79 Å². The maximum Gasteiger partial charge on any atom is 0.338 e. The molecule has 0 bridgehead atoms. The van der Waals surface area contributed by atoms with Crippen molar-refractivity contribution in [2.45, 2.75) is 30.8 Å². The highest BCUT2D eigenvalue weighted by Crippen LogP contribution is 2.43. The van der Waals surface area contributed by atoms with Gasteiger partial charge in [0.15, 0.2) is 11.5 Å². The molecule has 0 spiro atoms. The molecule has 0 saturated heterocycles. The molecule has 0 fully saturated rings. The van der Waals surface area contributed by atoms with Crippen molar-refractivity contribution in [1.82, 2.24) is 0 Å². The molecule has 0 radical (unpaired) electrons. The molecule has 2 aliphatic heterocycles. The number of rotatable bonds is 7. The minimum atomic E-state index is -1.03. The van der Waals surface area contributed by atoms with E-state index >= 15 is 0 Å². The normalized spacial score (nSPS) is 21.6. The monoisotopic (exact) mass is 394 g/mol. The molecule has 0 aliphatic carbocycles. The lowest BCUT2D eigenvalue weighted by atomic mass is 9.83. The van der Waals surface area contributed by atoms with Crippen LogP contribution >= 0.6 is 0 Å². The average molecular weight is 394 g/mol. The largest absolute Gasteiger partial charge is 0.455 e. The highest BCUT2D eigenvalue weighted by atomic mass is 16.7. The molecule has 2 heterocycles. The lowest BCUT2D eigenvalue weighted by Crippen LogP contribution is -2.46. The molecule has 4 atom stereocenters. The molecule has 2 aliphatic rings.